The first-order valence-electron chi connectivity index (χ1n) is 20.0. The van der Waals surface area contributed by atoms with Gasteiger partial charge in [-0.1, -0.05) is 87.0 Å². The third-order valence-electron chi connectivity index (χ3n) is 13.2. The van der Waals surface area contributed by atoms with Crippen molar-refractivity contribution in [1.82, 2.24) is 9.80 Å². The van der Waals surface area contributed by atoms with E-state index in [9.17, 15) is 33.6 Å². The number of rotatable bonds is 10. The van der Waals surface area contributed by atoms with Gasteiger partial charge in [-0.15, -0.1) is 0 Å². The fourth-order valence-corrected chi connectivity index (χ4v) is 9.43. The summed E-state index contributed by atoms with van der Waals surface area (Å²) in [6.07, 6.45) is 9.56. The largest absolute Gasteiger partial charge is 0.332 e. The van der Waals surface area contributed by atoms with Crippen molar-refractivity contribution in [3.8, 4) is 0 Å². The molecule has 51 heavy (non-hydrogen) atoms. The molecule has 2 saturated carbocycles. The lowest BCUT2D eigenvalue weighted by molar-refractivity contribution is -0.154. The van der Waals surface area contributed by atoms with E-state index in [0.29, 0.717) is 38.1 Å². The number of fused-ring (bicyclic) bond motifs is 3. The van der Waals surface area contributed by atoms with Gasteiger partial charge in [-0.25, -0.2) is 0 Å². The number of carbonyl (C=O) groups is 7. The van der Waals surface area contributed by atoms with E-state index in [1.807, 2.05) is 34.6 Å². The Morgan fingerprint density at radius 2 is 1.39 bits per heavy atom. The Bertz CT molecular complexity index is 1380. The third kappa shape index (κ3) is 9.45. The Balaban J connectivity index is 1.33. The van der Waals surface area contributed by atoms with Gasteiger partial charge in [0.1, 0.15) is 5.78 Å². The minimum absolute atomic E-state index is 0.00812. The Morgan fingerprint density at radius 1 is 0.804 bits per heavy atom. The highest BCUT2D eigenvalue weighted by atomic mass is 16.2. The summed E-state index contributed by atoms with van der Waals surface area (Å²) in [5.41, 5.74) is -0.828. The van der Waals surface area contributed by atoms with E-state index in [-0.39, 0.29) is 101 Å². The van der Waals surface area contributed by atoms with Crippen molar-refractivity contribution in [2.45, 2.75) is 157 Å². The Morgan fingerprint density at radius 3 is 1.98 bits per heavy atom. The molecule has 9 heteroatoms. The molecule has 0 N–H and O–H groups in total. The van der Waals surface area contributed by atoms with Gasteiger partial charge >= 0.3 is 0 Å². The maximum absolute atomic E-state index is 14.5. The van der Waals surface area contributed by atoms with Gasteiger partial charge in [-0.3, -0.25) is 38.5 Å². The number of hydrogen-bond donors (Lipinski definition) is 0. The number of carbonyl (C=O) groups excluding carboxylic acids is 7. The van der Waals surface area contributed by atoms with Crippen molar-refractivity contribution in [2.24, 2.45) is 51.8 Å². The molecule has 0 spiro atoms. The molecule has 284 valence electrons. The minimum Gasteiger partial charge on any atom is -0.332 e. The van der Waals surface area contributed by atoms with Crippen LogP contribution in [-0.4, -0.2) is 69.8 Å². The molecule has 0 aromatic rings. The first-order chi connectivity index (χ1) is 23.8. The summed E-state index contributed by atoms with van der Waals surface area (Å²) in [5, 5.41) is 0. The van der Waals surface area contributed by atoms with E-state index in [0.717, 1.165) is 51.4 Å². The molecule has 0 aromatic heterocycles. The van der Waals surface area contributed by atoms with E-state index in [2.05, 4.69) is 13.8 Å². The first-order valence-corrected chi connectivity index (χ1v) is 20.0. The van der Waals surface area contributed by atoms with Crippen molar-refractivity contribution in [1.29, 1.82) is 0 Å². The summed E-state index contributed by atoms with van der Waals surface area (Å²) in [6.45, 7) is 14.9. The summed E-state index contributed by atoms with van der Waals surface area (Å²) in [4.78, 5) is 98.2. The monoisotopic (exact) mass is 708 g/mol. The topological polar surface area (TPSA) is 126 Å². The Labute approximate surface area is 305 Å². The second-order valence-corrected chi connectivity index (χ2v) is 19.5. The van der Waals surface area contributed by atoms with E-state index in [1.54, 1.807) is 4.90 Å². The van der Waals surface area contributed by atoms with Crippen molar-refractivity contribution in [3.05, 3.63) is 0 Å². The molecule has 0 bridgehead atoms. The van der Waals surface area contributed by atoms with Gasteiger partial charge in [-0.05, 0) is 65.6 Å². The zero-order valence-electron chi connectivity index (χ0n) is 32.5. The number of amides is 3. The van der Waals surface area contributed by atoms with Crippen LogP contribution in [0.3, 0.4) is 0 Å². The van der Waals surface area contributed by atoms with Gasteiger partial charge < -0.3 is 4.90 Å². The van der Waals surface area contributed by atoms with Crippen molar-refractivity contribution in [3.63, 3.8) is 0 Å². The van der Waals surface area contributed by atoms with E-state index < -0.39 is 23.7 Å². The predicted octanol–water partition coefficient (Wildman–Crippen LogP) is 6.92. The lowest BCUT2D eigenvalue weighted by atomic mass is 9.75. The number of ketones is 4. The summed E-state index contributed by atoms with van der Waals surface area (Å²) in [6, 6.07) is -0.642. The van der Waals surface area contributed by atoms with Crippen LogP contribution in [0.4, 0.5) is 0 Å². The summed E-state index contributed by atoms with van der Waals surface area (Å²) < 4.78 is 0. The van der Waals surface area contributed by atoms with Gasteiger partial charge in [0, 0.05) is 63.5 Å². The fourth-order valence-electron chi connectivity index (χ4n) is 9.43. The molecule has 5 fully saturated rings. The molecule has 2 aliphatic carbocycles. The van der Waals surface area contributed by atoms with Crippen LogP contribution in [0.25, 0.3) is 0 Å². The minimum atomic E-state index is -0.642. The summed E-state index contributed by atoms with van der Waals surface area (Å²) in [5.74, 6) is -2.43. The van der Waals surface area contributed by atoms with Gasteiger partial charge in [0.15, 0.2) is 11.6 Å². The molecule has 6 atom stereocenters. The normalized spacial score (nSPS) is 30.9. The average Bonchev–Trinajstić information content (AvgIpc) is 3.87. The highest BCUT2D eigenvalue weighted by Gasteiger charge is 2.69. The van der Waals surface area contributed by atoms with Crippen LogP contribution >= 0.6 is 0 Å². The van der Waals surface area contributed by atoms with Gasteiger partial charge in [-0.2, -0.15) is 0 Å². The third-order valence-corrected chi connectivity index (χ3v) is 13.2. The molecular formula is C42H64N2O7. The van der Waals surface area contributed by atoms with Gasteiger partial charge in [0.2, 0.25) is 23.5 Å². The number of piperidine rings is 2. The Kier molecular flexibility index (Phi) is 11.9. The molecule has 5 rings (SSSR count). The van der Waals surface area contributed by atoms with Gasteiger partial charge in [0.05, 0.1) is 6.04 Å². The second-order valence-electron chi connectivity index (χ2n) is 19.5. The lowest BCUT2D eigenvalue weighted by Gasteiger charge is -2.39. The van der Waals surface area contributed by atoms with Crippen LogP contribution < -0.4 is 0 Å². The van der Waals surface area contributed by atoms with E-state index >= 15 is 0 Å². The number of hydrogen-bond acceptors (Lipinski definition) is 7. The number of Topliss-reactive ketones (excluding diaryl/α,β-unsaturated/α-hetero) is 4. The van der Waals surface area contributed by atoms with E-state index in [4.69, 9.17) is 0 Å². The Hall–Kier alpha value is -2.71. The van der Waals surface area contributed by atoms with Crippen LogP contribution in [0.5, 0.6) is 0 Å². The number of imide groups is 1. The highest BCUT2D eigenvalue weighted by molar-refractivity contribution is 6.38. The first kappa shape index (κ1) is 39.5. The zero-order chi connectivity index (χ0) is 37.5. The molecule has 3 heterocycles. The van der Waals surface area contributed by atoms with E-state index in [1.165, 1.54) is 4.90 Å². The molecule has 9 nitrogen and oxygen atoms in total. The van der Waals surface area contributed by atoms with Crippen LogP contribution in [0.1, 0.15) is 151 Å². The van der Waals surface area contributed by atoms with Crippen LogP contribution in [0, 0.1) is 51.8 Å². The van der Waals surface area contributed by atoms with Crippen LogP contribution in [0.2, 0.25) is 0 Å². The summed E-state index contributed by atoms with van der Waals surface area (Å²) >= 11 is 0. The van der Waals surface area contributed by atoms with Crippen LogP contribution in [-0.2, 0) is 33.6 Å². The molecule has 0 aromatic carbocycles. The van der Waals surface area contributed by atoms with Crippen molar-refractivity contribution >= 4 is 40.9 Å². The molecule has 5 aliphatic rings. The SMILES string of the molecule is CC1(C)CC(=O)N(C[C@@H](CC(=O)C[C@H]2CCCCCCCC[C@H](C(=O)C(=O)CC3CC3)CC(=O)[C@@H]3[C@@H]4[C@H](CN3C2=O)C4(C)C)C(C)(C)C)C(=O)C1. The molecule has 3 saturated heterocycles. The number of likely N-dealkylation sites (tertiary alicyclic amines) is 1. The molecule has 3 amide bonds. The lowest BCUT2D eigenvalue weighted by Crippen LogP contribution is -2.50. The van der Waals surface area contributed by atoms with Crippen molar-refractivity contribution < 1.29 is 33.6 Å². The zero-order valence-corrected chi connectivity index (χ0v) is 32.5. The summed E-state index contributed by atoms with van der Waals surface area (Å²) in [7, 11) is 0. The van der Waals surface area contributed by atoms with Crippen LogP contribution in [0.15, 0.2) is 0 Å². The molecule has 3 aliphatic heterocycles. The fraction of sp³-hybridized carbons (Fsp3) is 0.833. The molecular weight excluding hydrogens is 644 g/mol. The highest BCUT2D eigenvalue weighted by Crippen LogP contribution is 2.65. The second kappa shape index (κ2) is 15.3. The standard InChI is InChI=1S/C42H64N2O7/c1-40(2,3)29(24-43-34(48)22-41(4,5)23-35(43)49)21-30(45)19-28-15-13-11-9-8-10-12-14-27(38(50)33(47)18-26-16-17-26)20-32(46)37-36-31(42(36,6)7)25-44(37)39(28)51/h26-29,31,36-37H,8-25H2,1-7H3/t27-,28+,29+,31-,36-,37+/m0/s1. The predicted molar refractivity (Wildman–Crippen MR) is 194 cm³/mol. The van der Waals surface area contributed by atoms with Gasteiger partial charge in [0.25, 0.3) is 0 Å². The smallest absolute Gasteiger partial charge is 0.229 e. The van der Waals surface area contributed by atoms with Crippen molar-refractivity contribution in [2.75, 3.05) is 13.1 Å². The maximum atomic E-state index is 14.5. The maximum Gasteiger partial charge on any atom is 0.229 e. The quantitative estimate of drug-likeness (QED) is 0.178. The number of nitrogens with zero attached hydrogens (tertiary/aromatic N) is 2. The molecule has 0 radical (unpaired) electrons. The average molecular weight is 709 g/mol. The molecule has 0 unspecified atom stereocenters.